The monoisotopic (exact) mass is 829 g/mol. The number of thiazole rings is 1. The molecule has 2 aromatic heterocycles. The Bertz CT molecular complexity index is 2100. The molecule has 7 rings (SSSR count). The molecule has 1 saturated heterocycles. The minimum absolute atomic E-state index is 0.0115. The van der Waals surface area contributed by atoms with Crippen LogP contribution in [0.25, 0.3) is 21.7 Å². The average Bonchev–Trinajstić information content (AvgIpc) is 3.89. The molecular formula is C36H44BrN7O7S2. The zero-order valence-corrected chi connectivity index (χ0v) is 33.6. The van der Waals surface area contributed by atoms with Gasteiger partial charge in [-0.25, -0.2) is 23.2 Å². The van der Waals surface area contributed by atoms with Gasteiger partial charge in [-0.15, -0.1) is 11.3 Å². The number of likely N-dealkylation sites (N-methyl/N-ethyl adjacent to an activating group) is 1. The lowest BCUT2D eigenvalue weighted by atomic mass is 10.1. The number of sulfonamides is 1. The van der Waals surface area contributed by atoms with E-state index in [2.05, 4.69) is 39.8 Å². The fraction of sp³-hybridized carbons (Fsp3) is 0.556. The Labute approximate surface area is 321 Å². The molecule has 0 unspecified atom stereocenters. The van der Waals surface area contributed by atoms with Crippen molar-refractivity contribution in [2.24, 2.45) is 5.92 Å². The summed E-state index contributed by atoms with van der Waals surface area (Å²) in [6, 6.07) is 2.03. The highest BCUT2D eigenvalue weighted by Crippen LogP contribution is 2.48. The van der Waals surface area contributed by atoms with E-state index in [1.54, 1.807) is 38.1 Å². The molecule has 4 aliphatic rings. The van der Waals surface area contributed by atoms with Crippen LogP contribution in [0.4, 0.5) is 4.79 Å². The van der Waals surface area contributed by atoms with Crippen LogP contribution in [0, 0.1) is 5.92 Å². The van der Waals surface area contributed by atoms with E-state index in [0.29, 0.717) is 51.3 Å². The Hall–Kier alpha value is -3.83. The van der Waals surface area contributed by atoms with E-state index in [4.69, 9.17) is 24.4 Å². The van der Waals surface area contributed by atoms with Gasteiger partial charge in [-0.05, 0) is 79.4 Å². The zero-order chi connectivity index (χ0) is 37.9. The smallest absolute Gasteiger partial charge is 0.319 e. The van der Waals surface area contributed by atoms with Gasteiger partial charge in [0.15, 0.2) is 10.8 Å². The van der Waals surface area contributed by atoms with Gasteiger partial charge < -0.3 is 24.6 Å². The summed E-state index contributed by atoms with van der Waals surface area (Å²) in [4.78, 5) is 59.4. The van der Waals surface area contributed by atoms with E-state index in [0.717, 1.165) is 25.0 Å². The third-order valence-corrected chi connectivity index (χ3v) is 14.6. The largest absolute Gasteiger partial charge is 0.495 e. The van der Waals surface area contributed by atoms with Gasteiger partial charge in [-0.3, -0.25) is 14.3 Å². The normalized spacial score (nSPS) is 26.4. The Morgan fingerprint density at radius 2 is 1.94 bits per heavy atom. The SMILES string of the molecule is COc1ccc2c(O[C@H]3C[C@H]4C(=O)N(C)CCCC/C=C\[C@@H]5C[C@@]5(C(=O)NS(=O)(=O)C5(C)CC5)NC(=O)N4C3)nc(-c3nc(C(C)C)cs3)nc2c1Br. The van der Waals surface area contributed by atoms with E-state index in [1.165, 1.54) is 16.2 Å². The fourth-order valence-electron chi connectivity index (χ4n) is 6.87. The fourth-order valence-corrected chi connectivity index (χ4v) is 9.69. The predicted octanol–water partition coefficient (Wildman–Crippen LogP) is 5.13. The van der Waals surface area contributed by atoms with Crippen molar-refractivity contribution in [1.82, 2.24) is 34.8 Å². The second kappa shape index (κ2) is 14.1. The van der Waals surface area contributed by atoms with Crippen LogP contribution in [-0.4, -0.2) is 101 Å². The number of allylic oxidation sites excluding steroid dienone is 1. The van der Waals surface area contributed by atoms with Crippen molar-refractivity contribution in [3.63, 3.8) is 0 Å². The standard InChI is InChI=1S/C36H44BrN7O7S2/c1-20(2)24-19-52-31(38-24)29-39-28-23(11-12-26(50-5)27(28)37)30(40-29)51-22-16-25-32(45)43(4)15-9-7-6-8-10-21-17-36(21,41-34(47)44(25)18-22)33(46)42-53(48,49)35(3)13-14-35/h8,10-12,19-22,25H,6-7,9,13-18H2,1-5H3,(H,41,47)(H,42,46)/b10-8-/t21-,22+,25+,36-/m1/s1. The molecule has 0 spiro atoms. The zero-order valence-electron chi connectivity index (χ0n) is 30.3. The number of carbonyl (C=O) groups excluding carboxylic acids is 3. The van der Waals surface area contributed by atoms with Crippen LogP contribution in [0.2, 0.25) is 0 Å². The molecule has 2 aliphatic heterocycles. The maximum Gasteiger partial charge on any atom is 0.319 e. The molecule has 14 nitrogen and oxygen atoms in total. The molecule has 1 aromatic carbocycles. The summed E-state index contributed by atoms with van der Waals surface area (Å²) in [5.74, 6) is -0.0140. The lowest BCUT2D eigenvalue weighted by Gasteiger charge is -2.30. The molecular weight excluding hydrogens is 786 g/mol. The second-order valence-corrected chi connectivity index (χ2v) is 18.8. The molecule has 17 heteroatoms. The number of ether oxygens (including phenoxy) is 2. The first-order valence-corrected chi connectivity index (χ1v) is 21.1. The number of methoxy groups -OCH3 is 1. The van der Waals surface area contributed by atoms with E-state index < -0.39 is 50.3 Å². The lowest BCUT2D eigenvalue weighted by Crippen LogP contribution is -2.58. The minimum atomic E-state index is -3.95. The van der Waals surface area contributed by atoms with Gasteiger partial charge in [-0.2, -0.15) is 4.98 Å². The summed E-state index contributed by atoms with van der Waals surface area (Å²) in [6.45, 7) is 6.25. The molecule has 4 atom stereocenters. The summed E-state index contributed by atoms with van der Waals surface area (Å²) in [6.07, 6.45) is 6.80. The van der Waals surface area contributed by atoms with Crippen LogP contribution < -0.4 is 19.5 Å². The van der Waals surface area contributed by atoms with Gasteiger partial charge in [0.05, 0.1) is 39.5 Å². The molecule has 2 N–H and O–H groups in total. The van der Waals surface area contributed by atoms with Crippen molar-refractivity contribution in [3.8, 4) is 22.5 Å². The van der Waals surface area contributed by atoms with Crippen molar-refractivity contribution in [2.45, 2.75) is 94.1 Å². The van der Waals surface area contributed by atoms with E-state index in [9.17, 15) is 22.8 Å². The second-order valence-electron chi connectivity index (χ2n) is 15.0. The number of nitrogens with one attached hydrogen (secondary N) is 2. The molecule has 53 heavy (non-hydrogen) atoms. The first kappa shape index (κ1) is 37.5. The number of amides is 4. The first-order chi connectivity index (χ1) is 25.2. The molecule has 4 amide bonds. The number of benzene rings is 1. The number of carbonyl (C=O) groups is 3. The predicted molar refractivity (Wildman–Crippen MR) is 203 cm³/mol. The maximum atomic E-state index is 14.2. The highest BCUT2D eigenvalue weighted by atomic mass is 79.9. The number of halogens is 1. The molecule has 3 aromatic rings. The highest BCUT2D eigenvalue weighted by molar-refractivity contribution is 9.10. The molecule has 284 valence electrons. The van der Waals surface area contributed by atoms with Gasteiger partial charge in [0.1, 0.15) is 23.4 Å². The van der Waals surface area contributed by atoms with Gasteiger partial charge >= 0.3 is 6.03 Å². The summed E-state index contributed by atoms with van der Waals surface area (Å²) in [5, 5.41) is 6.07. The Balaban J connectivity index is 1.21. The van der Waals surface area contributed by atoms with Crippen LogP contribution >= 0.6 is 27.3 Å². The number of nitrogens with zero attached hydrogens (tertiary/aromatic N) is 5. The van der Waals surface area contributed by atoms with Crippen LogP contribution in [0.15, 0.2) is 34.1 Å². The number of hydrogen-bond donors (Lipinski definition) is 2. The van der Waals surface area contributed by atoms with Gasteiger partial charge in [-0.1, -0.05) is 26.0 Å². The molecule has 3 fully saturated rings. The Morgan fingerprint density at radius 1 is 1.17 bits per heavy atom. The number of aromatic nitrogens is 3. The summed E-state index contributed by atoms with van der Waals surface area (Å²) >= 11 is 5.06. The van der Waals surface area contributed by atoms with Crippen molar-refractivity contribution < 1.29 is 32.3 Å². The topological polar surface area (TPSA) is 173 Å². The molecule has 0 bridgehead atoms. The van der Waals surface area contributed by atoms with Crippen molar-refractivity contribution in [1.29, 1.82) is 0 Å². The number of hydrogen-bond acceptors (Lipinski definition) is 11. The van der Waals surface area contributed by atoms with Gasteiger partial charge in [0, 0.05) is 31.3 Å². The van der Waals surface area contributed by atoms with Crippen LogP contribution in [-0.2, 0) is 19.6 Å². The van der Waals surface area contributed by atoms with Crippen LogP contribution in [0.5, 0.6) is 11.6 Å². The molecule has 2 saturated carbocycles. The minimum Gasteiger partial charge on any atom is -0.495 e. The van der Waals surface area contributed by atoms with E-state index in [-0.39, 0.29) is 37.1 Å². The third kappa shape index (κ3) is 7.11. The van der Waals surface area contributed by atoms with Crippen LogP contribution in [0.3, 0.4) is 0 Å². The first-order valence-electron chi connectivity index (χ1n) is 17.9. The lowest BCUT2D eigenvalue weighted by molar-refractivity contribution is -0.134. The quantitative estimate of drug-likeness (QED) is 0.290. The third-order valence-electron chi connectivity index (χ3n) is 10.8. The van der Waals surface area contributed by atoms with Crippen LogP contribution in [0.1, 0.15) is 77.3 Å². The molecule has 4 heterocycles. The van der Waals surface area contributed by atoms with E-state index in [1.807, 2.05) is 17.5 Å². The van der Waals surface area contributed by atoms with Crippen molar-refractivity contribution >= 4 is 66.0 Å². The maximum absolute atomic E-state index is 14.2. The van der Waals surface area contributed by atoms with Gasteiger partial charge in [0.25, 0.3) is 5.91 Å². The van der Waals surface area contributed by atoms with Crippen molar-refractivity contribution in [2.75, 3.05) is 27.2 Å². The number of rotatable bonds is 8. The van der Waals surface area contributed by atoms with Crippen molar-refractivity contribution in [3.05, 3.63) is 39.8 Å². The number of fused-ring (bicyclic) bond motifs is 3. The van der Waals surface area contributed by atoms with E-state index >= 15 is 0 Å². The summed E-state index contributed by atoms with van der Waals surface area (Å²) in [5.41, 5.74) is -0.00892. The Morgan fingerprint density at radius 3 is 2.64 bits per heavy atom. The average molecular weight is 831 g/mol. The summed E-state index contributed by atoms with van der Waals surface area (Å²) in [7, 11) is -0.663. The summed E-state index contributed by atoms with van der Waals surface area (Å²) < 4.78 is 40.2. The molecule has 0 radical (unpaired) electrons. The van der Waals surface area contributed by atoms with Gasteiger partial charge in [0.2, 0.25) is 21.8 Å². The number of urea groups is 1. The molecule has 2 aliphatic carbocycles. The highest BCUT2D eigenvalue weighted by Gasteiger charge is 2.63. The Kier molecular flexibility index (Phi) is 9.98.